The molecule has 4 aromatic carbocycles. The minimum Gasteiger partial charge on any atom is -0.497 e. The molecule has 4 N–H and O–H groups in total. The van der Waals surface area contributed by atoms with Crippen LogP contribution in [-0.4, -0.2) is 36.6 Å². The number of anilines is 6. The van der Waals surface area contributed by atoms with Gasteiger partial charge >= 0.3 is 15.5 Å². The molecular formula is C27H25F3N4O6S2. The normalized spacial score (nSPS) is 11.9. The quantitative estimate of drug-likeness (QED) is 0.157. The van der Waals surface area contributed by atoms with Gasteiger partial charge < -0.3 is 25.4 Å². The predicted molar refractivity (Wildman–Crippen MR) is 154 cm³/mol. The zero-order valence-electron chi connectivity index (χ0n) is 22.1. The van der Waals surface area contributed by atoms with Gasteiger partial charge in [0, 0.05) is 34.1 Å². The van der Waals surface area contributed by atoms with E-state index in [1.54, 1.807) is 50.6 Å². The highest BCUT2D eigenvalue weighted by Gasteiger charge is 2.48. The Bertz CT molecular complexity index is 1680. The minimum atomic E-state index is -6.11. The maximum Gasteiger partial charge on any atom is 0.512 e. The Morgan fingerprint density at radius 3 is 1.19 bits per heavy atom. The highest BCUT2D eigenvalue weighted by atomic mass is 32.3. The molecule has 0 heterocycles. The van der Waals surface area contributed by atoms with Crippen molar-refractivity contribution in [1.29, 1.82) is 0 Å². The molecule has 4 rings (SSSR count). The van der Waals surface area contributed by atoms with Gasteiger partial charge in [-0.2, -0.15) is 13.2 Å². The van der Waals surface area contributed by atoms with Crippen molar-refractivity contribution < 1.29 is 39.5 Å². The van der Waals surface area contributed by atoms with Gasteiger partial charge in [-0.05, 0) is 91.0 Å². The number of hydrogen-bond acceptors (Lipinski definition) is 9. The predicted octanol–water partition coefficient (Wildman–Crippen LogP) is 6.06. The SMILES string of the molecule is COc1ccc(Nc2cc(Nc3ccc(OC)cc3)cc(Nc3ccc(S(=O)(=O)NS(=O)(=O)C(F)(F)F)cc3)c2)cc1. The minimum absolute atomic E-state index is 0.379. The summed E-state index contributed by atoms with van der Waals surface area (Å²) in [4.78, 5) is -0.669. The number of ether oxygens (including phenoxy) is 2. The Labute approximate surface area is 240 Å². The van der Waals surface area contributed by atoms with Crippen molar-refractivity contribution in [2.45, 2.75) is 10.4 Å². The van der Waals surface area contributed by atoms with Crippen molar-refractivity contribution in [3.63, 3.8) is 0 Å². The lowest BCUT2D eigenvalue weighted by Crippen LogP contribution is -2.40. The first-order valence-corrected chi connectivity index (χ1v) is 14.9. The van der Waals surface area contributed by atoms with Crippen LogP contribution in [-0.2, 0) is 20.0 Å². The topological polar surface area (TPSA) is 135 Å². The van der Waals surface area contributed by atoms with Crippen LogP contribution >= 0.6 is 0 Å². The van der Waals surface area contributed by atoms with Gasteiger partial charge in [0.2, 0.25) is 0 Å². The Hall–Kier alpha value is -4.47. The summed E-state index contributed by atoms with van der Waals surface area (Å²) in [5.74, 6) is 1.38. The van der Waals surface area contributed by atoms with E-state index in [1.165, 1.54) is 12.1 Å². The van der Waals surface area contributed by atoms with E-state index < -0.39 is 30.5 Å². The van der Waals surface area contributed by atoms with Crippen LogP contribution in [0.25, 0.3) is 0 Å². The molecule has 0 spiro atoms. The van der Waals surface area contributed by atoms with Gasteiger partial charge in [0.15, 0.2) is 0 Å². The number of methoxy groups -OCH3 is 2. The van der Waals surface area contributed by atoms with E-state index in [4.69, 9.17) is 9.47 Å². The van der Waals surface area contributed by atoms with Crippen molar-refractivity contribution in [3.05, 3.63) is 91.0 Å². The Morgan fingerprint density at radius 2 is 0.881 bits per heavy atom. The zero-order chi connectivity index (χ0) is 30.5. The van der Waals surface area contributed by atoms with E-state index in [9.17, 15) is 30.0 Å². The number of halogens is 3. The largest absolute Gasteiger partial charge is 0.512 e. The molecule has 0 bridgehead atoms. The number of hydrogen-bond donors (Lipinski definition) is 4. The third-order valence-corrected chi connectivity index (χ3v) is 8.93. The summed E-state index contributed by atoms with van der Waals surface area (Å²) in [5.41, 5.74) is -1.92. The second-order valence-electron chi connectivity index (χ2n) is 8.69. The van der Waals surface area contributed by atoms with Gasteiger partial charge in [0.1, 0.15) is 11.5 Å². The number of benzene rings is 4. The number of sulfonamides is 2. The number of alkyl halides is 3. The summed E-state index contributed by atoms with van der Waals surface area (Å²) in [5, 5.41) is 9.70. The molecule has 0 aliphatic heterocycles. The van der Waals surface area contributed by atoms with Crippen LogP contribution in [0.5, 0.6) is 11.5 Å². The van der Waals surface area contributed by atoms with Crippen LogP contribution in [0.3, 0.4) is 0 Å². The Morgan fingerprint density at radius 1 is 0.548 bits per heavy atom. The molecule has 0 amide bonds. The first kappa shape index (κ1) is 30.5. The second kappa shape index (κ2) is 12.2. The van der Waals surface area contributed by atoms with Crippen molar-refractivity contribution >= 4 is 54.2 Å². The van der Waals surface area contributed by atoms with Gasteiger partial charge in [0.05, 0.1) is 19.1 Å². The van der Waals surface area contributed by atoms with Gasteiger partial charge in [0.25, 0.3) is 10.0 Å². The molecule has 0 atom stereocenters. The first-order valence-electron chi connectivity index (χ1n) is 12.0. The molecule has 0 radical (unpaired) electrons. The third-order valence-electron chi connectivity index (χ3n) is 5.67. The lowest BCUT2D eigenvalue weighted by Gasteiger charge is -2.15. The summed E-state index contributed by atoms with van der Waals surface area (Å²) in [6, 6.07) is 24.5. The standard InChI is InChI=1S/C27H25F3N4O6S2/c1-39-24-9-3-18(4-10-24)31-21-15-22(32-19-5-11-25(40-2)12-6-19)17-23(16-21)33-20-7-13-26(14-8-20)41(35,36)34-42(37,38)27(28,29)30/h3-17,31-34H,1-2H3. The fourth-order valence-corrected chi connectivity index (χ4v) is 6.06. The molecule has 42 heavy (non-hydrogen) atoms. The van der Waals surface area contributed by atoms with E-state index in [-0.39, 0.29) is 0 Å². The lowest BCUT2D eigenvalue weighted by molar-refractivity contribution is -0.0441. The lowest BCUT2D eigenvalue weighted by atomic mass is 10.2. The maximum absolute atomic E-state index is 12.6. The summed E-state index contributed by atoms with van der Waals surface area (Å²) in [6.07, 6.45) is 0. The average molecular weight is 623 g/mol. The third kappa shape index (κ3) is 7.63. The van der Waals surface area contributed by atoms with Crippen molar-refractivity contribution in [3.8, 4) is 11.5 Å². The zero-order valence-corrected chi connectivity index (χ0v) is 23.7. The Kier molecular flexibility index (Phi) is 8.84. The van der Waals surface area contributed by atoms with Crippen LogP contribution in [0.1, 0.15) is 0 Å². The summed E-state index contributed by atoms with van der Waals surface area (Å²) >= 11 is 0. The fraction of sp³-hybridized carbons (Fsp3) is 0.111. The molecule has 0 saturated carbocycles. The van der Waals surface area contributed by atoms with Crippen LogP contribution in [0.15, 0.2) is 95.9 Å². The van der Waals surface area contributed by atoms with Crippen LogP contribution < -0.4 is 29.6 Å². The molecule has 0 saturated heterocycles. The van der Waals surface area contributed by atoms with E-state index in [0.717, 1.165) is 23.5 Å². The maximum atomic E-state index is 12.6. The smallest absolute Gasteiger partial charge is 0.497 e. The highest BCUT2D eigenvalue weighted by molar-refractivity contribution is 8.05. The van der Waals surface area contributed by atoms with Gasteiger partial charge in [-0.25, -0.2) is 16.8 Å². The molecule has 4 aromatic rings. The number of rotatable bonds is 11. The van der Waals surface area contributed by atoms with Crippen molar-refractivity contribution in [2.24, 2.45) is 0 Å². The molecule has 222 valence electrons. The molecule has 0 aromatic heterocycles. The number of nitrogens with one attached hydrogen (secondary N) is 4. The van der Waals surface area contributed by atoms with E-state index in [2.05, 4.69) is 16.0 Å². The van der Waals surface area contributed by atoms with Gasteiger partial charge in [-0.15, -0.1) is 0 Å². The molecule has 0 unspecified atom stereocenters. The monoisotopic (exact) mass is 622 g/mol. The second-order valence-corrected chi connectivity index (χ2v) is 12.3. The molecule has 10 nitrogen and oxygen atoms in total. The fourth-order valence-electron chi connectivity index (χ4n) is 3.65. The average Bonchev–Trinajstić information content (AvgIpc) is 2.93. The van der Waals surface area contributed by atoms with Crippen molar-refractivity contribution in [2.75, 3.05) is 30.2 Å². The van der Waals surface area contributed by atoms with Crippen LogP contribution in [0.4, 0.5) is 47.3 Å². The van der Waals surface area contributed by atoms with Crippen molar-refractivity contribution in [1.82, 2.24) is 4.13 Å². The van der Waals surface area contributed by atoms with E-state index >= 15 is 0 Å². The van der Waals surface area contributed by atoms with Gasteiger partial charge in [-0.3, -0.25) is 0 Å². The molecule has 0 fully saturated rings. The highest BCUT2D eigenvalue weighted by Crippen LogP contribution is 2.31. The summed E-state index contributed by atoms with van der Waals surface area (Å²) in [7, 11) is -7.99. The van der Waals surface area contributed by atoms with Crippen LogP contribution in [0.2, 0.25) is 0 Å². The van der Waals surface area contributed by atoms with Gasteiger partial charge in [-0.1, -0.05) is 4.13 Å². The molecule has 0 aliphatic rings. The summed E-state index contributed by atoms with van der Waals surface area (Å²) in [6.45, 7) is 0. The molecular weight excluding hydrogens is 597 g/mol. The molecule has 0 aliphatic carbocycles. The van der Waals surface area contributed by atoms with Crippen LogP contribution in [0, 0.1) is 0 Å². The first-order chi connectivity index (χ1) is 19.8. The molecule has 15 heteroatoms. The summed E-state index contributed by atoms with van der Waals surface area (Å²) < 4.78 is 96.1. The van der Waals surface area contributed by atoms with E-state index in [0.29, 0.717) is 38.4 Å². The van der Waals surface area contributed by atoms with E-state index in [1.807, 2.05) is 30.3 Å². The Balaban J connectivity index is 1.59.